The van der Waals surface area contributed by atoms with Crippen molar-refractivity contribution in [3.8, 4) is 0 Å². The van der Waals surface area contributed by atoms with Crippen molar-refractivity contribution in [2.24, 2.45) is 0 Å². The van der Waals surface area contributed by atoms with Crippen molar-refractivity contribution in [1.82, 2.24) is 9.80 Å². The minimum absolute atomic E-state index is 0.329. The van der Waals surface area contributed by atoms with E-state index >= 15 is 0 Å². The van der Waals surface area contributed by atoms with Crippen molar-refractivity contribution in [2.45, 2.75) is 58.8 Å². The number of ether oxygens (including phenoxy) is 2. The largest absolute Gasteiger partial charge is 0.444 e. The summed E-state index contributed by atoms with van der Waals surface area (Å²) in [6, 6.07) is 6.94. The predicted octanol–water partition coefficient (Wildman–Crippen LogP) is 4.87. The van der Waals surface area contributed by atoms with Crippen molar-refractivity contribution < 1.29 is 19.1 Å². The Labute approximate surface area is 166 Å². The van der Waals surface area contributed by atoms with Gasteiger partial charge in [-0.3, -0.25) is 4.90 Å². The molecule has 0 spiro atoms. The Hall–Kier alpha value is -1.95. The molecule has 1 fully saturated rings. The average molecular weight is 397 g/mol. The lowest BCUT2D eigenvalue weighted by Crippen LogP contribution is -2.54. The smallest absolute Gasteiger partial charge is 0.410 e. The van der Waals surface area contributed by atoms with Crippen LogP contribution in [0.15, 0.2) is 24.3 Å². The van der Waals surface area contributed by atoms with Crippen LogP contribution < -0.4 is 0 Å². The molecule has 27 heavy (non-hydrogen) atoms. The molecular weight excluding hydrogens is 368 g/mol. The second-order valence-corrected chi connectivity index (χ2v) is 9.10. The van der Waals surface area contributed by atoms with Gasteiger partial charge in [-0.15, -0.1) is 0 Å². The van der Waals surface area contributed by atoms with Gasteiger partial charge in [-0.2, -0.15) is 0 Å². The van der Waals surface area contributed by atoms with Crippen LogP contribution in [0.3, 0.4) is 0 Å². The molecule has 1 aromatic carbocycles. The predicted molar refractivity (Wildman–Crippen MR) is 105 cm³/mol. The van der Waals surface area contributed by atoms with Gasteiger partial charge in [-0.05, 0) is 59.2 Å². The summed E-state index contributed by atoms with van der Waals surface area (Å²) in [6.07, 6.45) is -0.781. The molecule has 1 unspecified atom stereocenters. The SMILES string of the molecule is CC(C)(C)OC(=O)N1CCN(C(=O)OC(C)(C)C)C(c2ccc(Cl)cc2)C1. The van der Waals surface area contributed by atoms with E-state index in [4.69, 9.17) is 21.1 Å². The molecule has 2 amide bonds. The molecule has 0 aliphatic carbocycles. The standard InChI is InChI=1S/C20H29ClN2O4/c1-19(2,3)26-17(24)22-11-12-23(18(25)27-20(4,5)6)16(13-22)14-7-9-15(21)10-8-14/h7-10,16H,11-13H2,1-6H3. The lowest BCUT2D eigenvalue weighted by atomic mass is 10.0. The van der Waals surface area contributed by atoms with Crippen molar-refractivity contribution >= 4 is 23.8 Å². The maximum Gasteiger partial charge on any atom is 0.410 e. The molecule has 1 aliphatic heterocycles. The van der Waals surface area contributed by atoms with Gasteiger partial charge in [0.25, 0.3) is 0 Å². The summed E-state index contributed by atoms with van der Waals surface area (Å²) >= 11 is 6.00. The molecule has 0 N–H and O–H groups in total. The number of hydrogen-bond donors (Lipinski definition) is 0. The second kappa shape index (κ2) is 7.97. The Balaban J connectivity index is 2.24. The Morgan fingerprint density at radius 1 is 0.926 bits per heavy atom. The number of carbonyl (C=O) groups excluding carboxylic acids is 2. The van der Waals surface area contributed by atoms with Crippen LogP contribution in [0.4, 0.5) is 9.59 Å². The molecule has 0 aromatic heterocycles. The minimum atomic E-state index is -0.593. The molecule has 1 heterocycles. The van der Waals surface area contributed by atoms with Crippen LogP contribution in [-0.4, -0.2) is 52.8 Å². The summed E-state index contributed by atoms with van der Waals surface area (Å²) in [5, 5.41) is 0.613. The third kappa shape index (κ3) is 6.31. The van der Waals surface area contributed by atoms with Crippen molar-refractivity contribution in [3.63, 3.8) is 0 Å². The van der Waals surface area contributed by atoms with E-state index in [-0.39, 0.29) is 12.1 Å². The minimum Gasteiger partial charge on any atom is -0.444 e. The molecule has 1 saturated heterocycles. The molecule has 6 nitrogen and oxygen atoms in total. The van der Waals surface area contributed by atoms with Crippen LogP contribution >= 0.6 is 11.6 Å². The summed E-state index contributed by atoms with van der Waals surface area (Å²) in [7, 11) is 0. The number of nitrogens with zero attached hydrogens (tertiary/aromatic N) is 2. The van der Waals surface area contributed by atoms with Crippen molar-refractivity contribution in [2.75, 3.05) is 19.6 Å². The fourth-order valence-electron chi connectivity index (χ4n) is 2.78. The zero-order valence-electron chi connectivity index (χ0n) is 16.9. The van der Waals surface area contributed by atoms with E-state index in [1.54, 1.807) is 21.9 Å². The monoisotopic (exact) mass is 396 g/mol. The maximum absolute atomic E-state index is 12.7. The highest BCUT2D eigenvalue weighted by Gasteiger charge is 2.37. The molecule has 0 radical (unpaired) electrons. The number of halogens is 1. The summed E-state index contributed by atoms with van der Waals surface area (Å²) in [6.45, 7) is 12.1. The fraction of sp³-hybridized carbons (Fsp3) is 0.600. The van der Waals surface area contributed by atoms with Crippen molar-refractivity contribution in [1.29, 1.82) is 0 Å². The molecule has 1 aromatic rings. The summed E-state index contributed by atoms with van der Waals surface area (Å²) in [5.74, 6) is 0. The van der Waals surface area contributed by atoms with Crippen LogP contribution in [-0.2, 0) is 9.47 Å². The summed E-state index contributed by atoms with van der Waals surface area (Å²) in [4.78, 5) is 28.5. The number of rotatable bonds is 1. The van der Waals surface area contributed by atoms with Gasteiger partial charge in [0, 0.05) is 24.7 Å². The van der Waals surface area contributed by atoms with E-state index in [1.807, 2.05) is 53.7 Å². The van der Waals surface area contributed by atoms with E-state index in [2.05, 4.69) is 0 Å². The van der Waals surface area contributed by atoms with Gasteiger partial charge in [0.15, 0.2) is 0 Å². The Morgan fingerprint density at radius 2 is 1.44 bits per heavy atom. The highest BCUT2D eigenvalue weighted by molar-refractivity contribution is 6.30. The first-order valence-electron chi connectivity index (χ1n) is 9.09. The fourth-order valence-corrected chi connectivity index (χ4v) is 2.91. The molecule has 7 heteroatoms. The Bertz CT molecular complexity index is 677. The third-order valence-electron chi connectivity index (χ3n) is 3.91. The van der Waals surface area contributed by atoms with Crippen LogP contribution in [0.1, 0.15) is 53.1 Å². The number of carbonyl (C=O) groups is 2. The summed E-state index contributed by atoms with van der Waals surface area (Å²) < 4.78 is 11.0. The van der Waals surface area contributed by atoms with Crippen LogP contribution in [0, 0.1) is 0 Å². The van der Waals surface area contributed by atoms with Crippen molar-refractivity contribution in [3.05, 3.63) is 34.9 Å². The topological polar surface area (TPSA) is 59.1 Å². The molecule has 0 bridgehead atoms. The third-order valence-corrected chi connectivity index (χ3v) is 4.17. The first-order chi connectivity index (χ1) is 12.4. The van der Waals surface area contributed by atoms with E-state index in [0.29, 0.717) is 24.7 Å². The molecule has 1 atom stereocenters. The molecule has 1 aliphatic rings. The number of hydrogen-bond acceptors (Lipinski definition) is 4. The van der Waals surface area contributed by atoms with Crippen LogP contribution in [0.5, 0.6) is 0 Å². The lowest BCUT2D eigenvalue weighted by Gasteiger charge is -2.42. The molecule has 0 saturated carbocycles. The van der Waals surface area contributed by atoms with Gasteiger partial charge in [0.2, 0.25) is 0 Å². The van der Waals surface area contributed by atoms with Gasteiger partial charge >= 0.3 is 12.2 Å². The zero-order chi connectivity index (χ0) is 20.4. The molecular formula is C20H29ClN2O4. The first kappa shape index (κ1) is 21.4. The van der Waals surface area contributed by atoms with Gasteiger partial charge in [0.1, 0.15) is 11.2 Å². The summed E-state index contributed by atoms with van der Waals surface area (Å²) in [5.41, 5.74) is -0.280. The number of piperazine rings is 1. The van der Waals surface area contributed by atoms with E-state index in [9.17, 15) is 9.59 Å². The number of benzene rings is 1. The van der Waals surface area contributed by atoms with E-state index in [1.165, 1.54) is 0 Å². The van der Waals surface area contributed by atoms with Gasteiger partial charge in [0.05, 0.1) is 6.04 Å². The molecule has 2 rings (SSSR count). The highest BCUT2D eigenvalue weighted by atomic mass is 35.5. The zero-order valence-corrected chi connectivity index (χ0v) is 17.7. The normalized spacial score (nSPS) is 18.3. The van der Waals surface area contributed by atoms with Gasteiger partial charge in [-0.25, -0.2) is 9.59 Å². The van der Waals surface area contributed by atoms with Crippen LogP contribution in [0.2, 0.25) is 5.02 Å². The lowest BCUT2D eigenvalue weighted by molar-refractivity contribution is -0.0152. The van der Waals surface area contributed by atoms with E-state index in [0.717, 1.165) is 5.56 Å². The van der Waals surface area contributed by atoms with Gasteiger partial charge < -0.3 is 14.4 Å². The van der Waals surface area contributed by atoms with Gasteiger partial charge in [-0.1, -0.05) is 23.7 Å². The average Bonchev–Trinajstić information content (AvgIpc) is 2.52. The highest BCUT2D eigenvalue weighted by Crippen LogP contribution is 2.29. The molecule has 150 valence electrons. The van der Waals surface area contributed by atoms with E-state index < -0.39 is 17.3 Å². The Morgan fingerprint density at radius 3 is 1.96 bits per heavy atom. The quantitative estimate of drug-likeness (QED) is 0.679. The Kier molecular flexibility index (Phi) is 6.30. The number of amides is 2. The second-order valence-electron chi connectivity index (χ2n) is 8.67. The maximum atomic E-state index is 12.7. The first-order valence-corrected chi connectivity index (χ1v) is 9.46. The van der Waals surface area contributed by atoms with Crippen LogP contribution in [0.25, 0.3) is 0 Å².